The highest BCUT2D eigenvalue weighted by molar-refractivity contribution is 5.86. The molecule has 0 spiro atoms. The predicted molar refractivity (Wildman–Crippen MR) is 63.2 cm³/mol. The lowest BCUT2D eigenvalue weighted by molar-refractivity contribution is -0.147. The second-order valence-corrected chi connectivity index (χ2v) is 4.71. The number of hydrogen-bond donors (Lipinski definition) is 2. The zero-order valence-electron chi connectivity index (χ0n) is 9.63. The van der Waals surface area contributed by atoms with Gasteiger partial charge in [0.05, 0.1) is 11.8 Å². The van der Waals surface area contributed by atoms with Gasteiger partial charge in [0.15, 0.2) is 0 Å². The minimum Gasteiger partial charge on any atom is -0.481 e. The maximum absolute atomic E-state index is 12.0. The van der Waals surface area contributed by atoms with E-state index in [-0.39, 0.29) is 17.7 Å². The molecule has 2 aliphatic carbocycles. The van der Waals surface area contributed by atoms with Crippen molar-refractivity contribution in [3.63, 3.8) is 0 Å². The van der Waals surface area contributed by atoms with Gasteiger partial charge in [-0.25, -0.2) is 0 Å². The fourth-order valence-corrected chi connectivity index (χ4v) is 2.93. The van der Waals surface area contributed by atoms with E-state index < -0.39 is 17.8 Å². The lowest BCUT2D eigenvalue weighted by atomic mass is 9.82. The molecule has 0 aromatic carbocycles. The molecule has 2 aliphatic rings. The van der Waals surface area contributed by atoms with Gasteiger partial charge in [-0.1, -0.05) is 18.2 Å². The van der Waals surface area contributed by atoms with Crippen molar-refractivity contribution < 1.29 is 14.7 Å². The molecule has 17 heavy (non-hydrogen) atoms. The van der Waals surface area contributed by atoms with Gasteiger partial charge in [0.1, 0.15) is 0 Å². The minimum absolute atomic E-state index is 0.0349. The van der Waals surface area contributed by atoms with Crippen molar-refractivity contribution in [3.05, 3.63) is 24.8 Å². The quantitative estimate of drug-likeness (QED) is 0.556. The van der Waals surface area contributed by atoms with Gasteiger partial charge < -0.3 is 10.4 Å². The van der Waals surface area contributed by atoms with Gasteiger partial charge in [0.2, 0.25) is 5.91 Å². The summed E-state index contributed by atoms with van der Waals surface area (Å²) in [5, 5.41) is 12.0. The molecule has 4 atom stereocenters. The Morgan fingerprint density at radius 3 is 2.59 bits per heavy atom. The number of carbonyl (C=O) groups excluding carboxylic acids is 1. The van der Waals surface area contributed by atoms with Crippen molar-refractivity contribution in [2.24, 2.45) is 23.7 Å². The standard InChI is InChI=1S/C13H17NO3/c1-2-3-6-14-12(15)10-8-4-5-9(7-8)11(10)13(16)17/h2,4-5,8-11H,1,3,6-7H2,(H,14,15)(H,16,17)/t8?,9?,10-,11+/m0/s1. The Labute approximate surface area is 100 Å². The summed E-state index contributed by atoms with van der Waals surface area (Å²) in [6.45, 7) is 4.11. The molecular formula is C13H17NO3. The largest absolute Gasteiger partial charge is 0.481 e. The maximum Gasteiger partial charge on any atom is 0.307 e. The average molecular weight is 235 g/mol. The van der Waals surface area contributed by atoms with Crippen LogP contribution in [0.15, 0.2) is 24.8 Å². The Morgan fingerprint density at radius 1 is 1.35 bits per heavy atom. The summed E-state index contributed by atoms with van der Waals surface area (Å²) in [4.78, 5) is 23.2. The van der Waals surface area contributed by atoms with Crippen LogP contribution >= 0.6 is 0 Å². The van der Waals surface area contributed by atoms with Gasteiger partial charge in [0.25, 0.3) is 0 Å². The van der Waals surface area contributed by atoms with E-state index in [1.807, 2.05) is 12.2 Å². The zero-order chi connectivity index (χ0) is 12.4. The molecule has 1 saturated carbocycles. The summed E-state index contributed by atoms with van der Waals surface area (Å²) >= 11 is 0. The average Bonchev–Trinajstić information content (AvgIpc) is 2.88. The highest BCUT2D eigenvalue weighted by Gasteiger charge is 2.51. The van der Waals surface area contributed by atoms with Crippen LogP contribution < -0.4 is 5.32 Å². The van der Waals surface area contributed by atoms with Gasteiger partial charge in [-0.3, -0.25) is 9.59 Å². The van der Waals surface area contributed by atoms with Gasteiger partial charge in [-0.05, 0) is 24.7 Å². The SMILES string of the molecule is C=CCCNC(=O)[C@H]1C2C=CC(C2)[C@H]1C(=O)O. The third kappa shape index (κ3) is 2.12. The van der Waals surface area contributed by atoms with Crippen LogP contribution in [0.2, 0.25) is 0 Å². The van der Waals surface area contributed by atoms with Crippen LogP contribution in [0.5, 0.6) is 0 Å². The summed E-state index contributed by atoms with van der Waals surface area (Å²) < 4.78 is 0. The first-order chi connectivity index (χ1) is 8.15. The van der Waals surface area contributed by atoms with Crippen LogP contribution in [0, 0.1) is 23.7 Å². The lowest BCUT2D eigenvalue weighted by Gasteiger charge is -2.23. The second-order valence-electron chi connectivity index (χ2n) is 4.71. The van der Waals surface area contributed by atoms with Crippen molar-refractivity contribution >= 4 is 11.9 Å². The number of rotatable bonds is 5. The summed E-state index contributed by atoms with van der Waals surface area (Å²) in [5.41, 5.74) is 0. The molecule has 0 radical (unpaired) electrons. The van der Waals surface area contributed by atoms with E-state index in [2.05, 4.69) is 11.9 Å². The number of nitrogens with one attached hydrogen (secondary N) is 1. The Morgan fingerprint density at radius 2 is 2.00 bits per heavy atom. The Hall–Kier alpha value is -1.58. The maximum atomic E-state index is 12.0. The summed E-state index contributed by atoms with van der Waals surface area (Å²) in [6.07, 6.45) is 7.17. The number of hydrogen-bond acceptors (Lipinski definition) is 2. The minimum atomic E-state index is -0.856. The Kier molecular flexibility index (Phi) is 3.31. The highest BCUT2D eigenvalue weighted by atomic mass is 16.4. The molecule has 4 nitrogen and oxygen atoms in total. The normalized spacial score (nSPS) is 33.6. The summed E-state index contributed by atoms with van der Waals surface area (Å²) in [6, 6.07) is 0. The van der Waals surface area contributed by atoms with Crippen molar-refractivity contribution in [1.29, 1.82) is 0 Å². The first kappa shape index (κ1) is 11.9. The van der Waals surface area contributed by atoms with Crippen molar-refractivity contribution in [2.45, 2.75) is 12.8 Å². The fourth-order valence-electron chi connectivity index (χ4n) is 2.93. The Bertz CT molecular complexity index is 375. The molecule has 2 rings (SSSR count). The Balaban J connectivity index is 2.03. The number of carboxylic acids is 1. The monoisotopic (exact) mass is 235 g/mol. The number of amides is 1. The number of aliphatic carboxylic acids is 1. The smallest absolute Gasteiger partial charge is 0.307 e. The topological polar surface area (TPSA) is 66.4 Å². The van der Waals surface area contributed by atoms with Crippen LogP contribution in [0.25, 0.3) is 0 Å². The molecule has 1 amide bonds. The van der Waals surface area contributed by atoms with Crippen LogP contribution in [-0.2, 0) is 9.59 Å². The molecule has 0 aromatic heterocycles. The van der Waals surface area contributed by atoms with Gasteiger partial charge in [-0.2, -0.15) is 0 Å². The van der Waals surface area contributed by atoms with Gasteiger partial charge >= 0.3 is 5.97 Å². The predicted octanol–water partition coefficient (Wildman–Crippen LogP) is 1.20. The molecule has 0 heterocycles. The molecule has 2 bridgehead atoms. The van der Waals surface area contributed by atoms with Gasteiger partial charge in [0, 0.05) is 6.54 Å². The molecule has 2 N–H and O–H groups in total. The van der Waals surface area contributed by atoms with Crippen molar-refractivity contribution in [2.75, 3.05) is 6.54 Å². The van der Waals surface area contributed by atoms with Crippen LogP contribution in [0.3, 0.4) is 0 Å². The zero-order valence-corrected chi connectivity index (χ0v) is 9.63. The first-order valence-electron chi connectivity index (χ1n) is 5.95. The number of carboxylic acid groups (broad SMARTS) is 1. The molecule has 4 heteroatoms. The highest BCUT2D eigenvalue weighted by Crippen LogP contribution is 2.48. The van der Waals surface area contributed by atoms with Gasteiger partial charge in [-0.15, -0.1) is 6.58 Å². The van der Waals surface area contributed by atoms with Crippen molar-refractivity contribution in [3.8, 4) is 0 Å². The van der Waals surface area contributed by atoms with E-state index in [4.69, 9.17) is 0 Å². The molecule has 1 fully saturated rings. The van der Waals surface area contributed by atoms with Crippen LogP contribution in [0.4, 0.5) is 0 Å². The summed E-state index contributed by atoms with van der Waals surface area (Å²) in [5.74, 6) is -1.79. The molecule has 0 saturated heterocycles. The third-order valence-corrected chi connectivity index (χ3v) is 3.69. The molecule has 0 aliphatic heterocycles. The third-order valence-electron chi connectivity index (χ3n) is 3.69. The first-order valence-corrected chi connectivity index (χ1v) is 5.95. The molecular weight excluding hydrogens is 218 g/mol. The van der Waals surface area contributed by atoms with E-state index >= 15 is 0 Å². The van der Waals surface area contributed by atoms with E-state index in [9.17, 15) is 14.7 Å². The lowest BCUT2D eigenvalue weighted by Crippen LogP contribution is -2.40. The van der Waals surface area contributed by atoms with E-state index in [0.29, 0.717) is 13.0 Å². The molecule has 0 aromatic rings. The van der Waals surface area contributed by atoms with Crippen LogP contribution in [-0.4, -0.2) is 23.5 Å². The number of allylic oxidation sites excluding steroid dienone is 2. The second kappa shape index (κ2) is 4.73. The van der Waals surface area contributed by atoms with E-state index in [1.165, 1.54) is 0 Å². The van der Waals surface area contributed by atoms with E-state index in [1.54, 1.807) is 6.08 Å². The molecule has 2 unspecified atom stereocenters. The summed E-state index contributed by atoms with van der Waals surface area (Å²) in [7, 11) is 0. The number of carbonyl (C=O) groups is 2. The van der Waals surface area contributed by atoms with E-state index in [0.717, 1.165) is 6.42 Å². The number of fused-ring (bicyclic) bond motifs is 2. The van der Waals surface area contributed by atoms with Crippen LogP contribution in [0.1, 0.15) is 12.8 Å². The molecule has 92 valence electrons. The fraction of sp³-hybridized carbons (Fsp3) is 0.538. The van der Waals surface area contributed by atoms with Crippen molar-refractivity contribution in [1.82, 2.24) is 5.32 Å².